The van der Waals surface area contributed by atoms with Gasteiger partial charge >= 0.3 is 0 Å². The van der Waals surface area contributed by atoms with Gasteiger partial charge in [0.1, 0.15) is 11.4 Å². The molecule has 0 unspecified atom stereocenters. The van der Waals surface area contributed by atoms with Crippen molar-refractivity contribution >= 4 is 5.91 Å². The van der Waals surface area contributed by atoms with Gasteiger partial charge in [-0.05, 0) is 30.5 Å². The summed E-state index contributed by atoms with van der Waals surface area (Å²) < 4.78 is 1.74. The van der Waals surface area contributed by atoms with Crippen LogP contribution in [0, 0.1) is 0 Å². The lowest BCUT2D eigenvalue weighted by Crippen LogP contribution is -2.35. The highest BCUT2D eigenvalue weighted by Crippen LogP contribution is 2.22. The summed E-state index contributed by atoms with van der Waals surface area (Å²) in [7, 11) is 0. The van der Waals surface area contributed by atoms with E-state index in [9.17, 15) is 4.79 Å². The number of nitrogens with one attached hydrogen (secondary N) is 1. The maximum atomic E-state index is 12.0. The molecule has 2 aromatic heterocycles. The molecular formula is C22H25N5O. The van der Waals surface area contributed by atoms with Crippen molar-refractivity contribution in [3.8, 4) is 22.8 Å². The van der Waals surface area contributed by atoms with E-state index in [0.717, 1.165) is 17.7 Å². The van der Waals surface area contributed by atoms with Crippen LogP contribution in [0.3, 0.4) is 0 Å². The normalized spacial score (nSPS) is 13.2. The van der Waals surface area contributed by atoms with Crippen molar-refractivity contribution in [3.05, 3.63) is 53.9 Å². The quantitative estimate of drug-likeness (QED) is 0.636. The number of aryl methyl sites for hydroxylation is 1. The van der Waals surface area contributed by atoms with Gasteiger partial charge in [-0.15, -0.1) is 0 Å². The topological polar surface area (TPSA) is 72.7 Å². The van der Waals surface area contributed by atoms with Crippen molar-refractivity contribution in [1.82, 2.24) is 25.1 Å². The fourth-order valence-corrected chi connectivity index (χ4v) is 3.48. The zero-order chi connectivity index (χ0) is 19.3. The highest BCUT2D eigenvalue weighted by molar-refractivity contribution is 5.94. The predicted molar refractivity (Wildman–Crippen MR) is 109 cm³/mol. The number of aromatic nitrogens is 4. The summed E-state index contributed by atoms with van der Waals surface area (Å²) in [6.07, 6.45) is 7.95. The molecule has 0 atom stereocenters. The number of amides is 1. The van der Waals surface area contributed by atoms with E-state index >= 15 is 0 Å². The number of carbonyl (C=O) groups excluding carboxylic acids is 1. The van der Waals surface area contributed by atoms with Gasteiger partial charge < -0.3 is 5.32 Å². The minimum atomic E-state index is -0.0891. The summed E-state index contributed by atoms with van der Waals surface area (Å²) in [5, 5.41) is 7.37. The Morgan fingerprint density at radius 1 is 1.07 bits per heavy atom. The van der Waals surface area contributed by atoms with Gasteiger partial charge in [0.05, 0.1) is 12.2 Å². The number of nitrogens with zero attached hydrogens (tertiary/aromatic N) is 4. The highest BCUT2D eigenvalue weighted by atomic mass is 16.2. The fourth-order valence-electron chi connectivity index (χ4n) is 3.48. The molecule has 28 heavy (non-hydrogen) atoms. The first kappa shape index (κ1) is 18.3. The third-order valence-corrected chi connectivity index (χ3v) is 5.07. The molecule has 3 aromatic rings. The SMILES string of the molecule is CCCCCCc1ccc(-c2nccc(-c3cc4n(n3)CCNC4=O)n2)cc1. The third kappa shape index (κ3) is 3.96. The van der Waals surface area contributed by atoms with Gasteiger partial charge in [0.2, 0.25) is 0 Å². The number of hydrogen-bond donors (Lipinski definition) is 1. The average molecular weight is 375 g/mol. The zero-order valence-electron chi connectivity index (χ0n) is 16.2. The molecule has 3 heterocycles. The Hall–Kier alpha value is -3.02. The largest absolute Gasteiger partial charge is 0.349 e. The van der Waals surface area contributed by atoms with Gasteiger partial charge in [0, 0.05) is 18.3 Å². The molecule has 1 aromatic carbocycles. The van der Waals surface area contributed by atoms with E-state index in [4.69, 9.17) is 0 Å². The van der Waals surface area contributed by atoms with E-state index < -0.39 is 0 Å². The molecule has 0 radical (unpaired) electrons. The Labute approximate surface area is 165 Å². The van der Waals surface area contributed by atoms with Crippen LogP contribution in [0.25, 0.3) is 22.8 Å². The second kappa shape index (κ2) is 8.33. The van der Waals surface area contributed by atoms with Gasteiger partial charge in [0.15, 0.2) is 5.82 Å². The van der Waals surface area contributed by atoms with Gasteiger partial charge in [-0.2, -0.15) is 5.10 Å². The maximum absolute atomic E-state index is 12.0. The Balaban J connectivity index is 1.52. The van der Waals surface area contributed by atoms with Crippen molar-refractivity contribution in [2.75, 3.05) is 6.54 Å². The molecule has 4 rings (SSSR count). The first-order valence-corrected chi connectivity index (χ1v) is 10.0. The first-order chi connectivity index (χ1) is 13.7. The summed E-state index contributed by atoms with van der Waals surface area (Å²) in [5.41, 5.74) is 4.34. The van der Waals surface area contributed by atoms with Crippen LogP contribution in [0.4, 0.5) is 0 Å². The van der Waals surface area contributed by atoms with E-state index in [0.29, 0.717) is 30.3 Å². The lowest BCUT2D eigenvalue weighted by Gasteiger charge is -2.13. The average Bonchev–Trinajstić information content (AvgIpc) is 3.18. The minimum absolute atomic E-state index is 0.0891. The number of benzene rings is 1. The molecule has 0 fully saturated rings. The van der Waals surface area contributed by atoms with Crippen LogP contribution in [0.1, 0.15) is 48.7 Å². The number of rotatable bonds is 7. The smallest absolute Gasteiger partial charge is 0.269 e. The third-order valence-electron chi connectivity index (χ3n) is 5.07. The van der Waals surface area contributed by atoms with Gasteiger partial charge in [-0.1, -0.05) is 50.5 Å². The first-order valence-electron chi connectivity index (χ1n) is 10.0. The van der Waals surface area contributed by atoms with E-state index in [-0.39, 0.29) is 5.91 Å². The van der Waals surface area contributed by atoms with Crippen LogP contribution in [0.5, 0.6) is 0 Å². The minimum Gasteiger partial charge on any atom is -0.349 e. The lowest BCUT2D eigenvalue weighted by molar-refractivity contribution is 0.0924. The summed E-state index contributed by atoms with van der Waals surface area (Å²) in [5.74, 6) is 0.583. The van der Waals surface area contributed by atoms with Crippen LogP contribution >= 0.6 is 0 Å². The number of hydrogen-bond acceptors (Lipinski definition) is 4. The van der Waals surface area contributed by atoms with Crippen LogP contribution in [0.2, 0.25) is 0 Å². The van der Waals surface area contributed by atoms with Crippen LogP contribution in [-0.2, 0) is 13.0 Å². The van der Waals surface area contributed by atoms with Crippen molar-refractivity contribution in [1.29, 1.82) is 0 Å². The molecular weight excluding hydrogens is 350 g/mol. The molecule has 6 heteroatoms. The molecule has 1 N–H and O–H groups in total. The van der Waals surface area contributed by atoms with Crippen LogP contribution in [0.15, 0.2) is 42.6 Å². The highest BCUT2D eigenvalue weighted by Gasteiger charge is 2.20. The van der Waals surface area contributed by atoms with Gasteiger partial charge in [0.25, 0.3) is 5.91 Å². The maximum Gasteiger partial charge on any atom is 0.269 e. The predicted octanol–water partition coefficient (Wildman–Crippen LogP) is 3.87. The summed E-state index contributed by atoms with van der Waals surface area (Å²) in [6.45, 7) is 3.52. The van der Waals surface area contributed by atoms with E-state index in [1.54, 1.807) is 16.9 Å². The van der Waals surface area contributed by atoms with Crippen molar-refractivity contribution in [2.45, 2.75) is 45.6 Å². The molecule has 1 aliphatic heterocycles. The van der Waals surface area contributed by atoms with Crippen molar-refractivity contribution < 1.29 is 4.79 Å². The second-order valence-corrected chi connectivity index (χ2v) is 7.17. The molecule has 6 nitrogen and oxygen atoms in total. The number of carbonyl (C=O) groups is 1. The van der Waals surface area contributed by atoms with Gasteiger partial charge in [-0.25, -0.2) is 9.97 Å². The lowest BCUT2D eigenvalue weighted by atomic mass is 10.0. The van der Waals surface area contributed by atoms with E-state index in [2.05, 4.69) is 51.6 Å². The molecule has 0 saturated carbocycles. The van der Waals surface area contributed by atoms with Crippen molar-refractivity contribution in [2.24, 2.45) is 0 Å². The Bertz CT molecular complexity index is 961. The zero-order valence-corrected chi connectivity index (χ0v) is 16.2. The van der Waals surface area contributed by atoms with Gasteiger partial charge in [-0.3, -0.25) is 9.48 Å². The monoisotopic (exact) mass is 375 g/mol. The standard InChI is InChI=1S/C22H25N5O/c1-2-3-4-5-6-16-7-9-17(10-8-16)21-23-12-11-18(25-21)19-15-20-22(28)24-13-14-27(20)26-19/h7-12,15H,2-6,13-14H2,1H3,(H,24,28). The molecule has 1 aliphatic rings. The molecule has 144 valence electrons. The van der Waals surface area contributed by atoms with Crippen LogP contribution in [-0.4, -0.2) is 32.2 Å². The molecule has 0 aliphatic carbocycles. The van der Waals surface area contributed by atoms with Crippen LogP contribution < -0.4 is 5.32 Å². The Morgan fingerprint density at radius 3 is 2.71 bits per heavy atom. The molecule has 1 amide bonds. The number of fused-ring (bicyclic) bond motifs is 1. The summed E-state index contributed by atoms with van der Waals surface area (Å²) in [4.78, 5) is 21.1. The number of unbranched alkanes of at least 4 members (excludes halogenated alkanes) is 3. The van der Waals surface area contributed by atoms with E-state index in [1.165, 1.54) is 31.2 Å². The summed E-state index contributed by atoms with van der Waals surface area (Å²) in [6, 6.07) is 12.1. The van der Waals surface area contributed by atoms with Crippen molar-refractivity contribution in [3.63, 3.8) is 0 Å². The molecule has 0 bridgehead atoms. The molecule has 0 spiro atoms. The van der Waals surface area contributed by atoms with E-state index in [1.807, 2.05) is 6.07 Å². The molecule has 0 saturated heterocycles. The Kier molecular flexibility index (Phi) is 5.46. The summed E-state index contributed by atoms with van der Waals surface area (Å²) >= 11 is 0. The Morgan fingerprint density at radius 2 is 1.93 bits per heavy atom. The fraction of sp³-hybridized carbons (Fsp3) is 0.364. The second-order valence-electron chi connectivity index (χ2n) is 7.17.